The van der Waals surface area contributed by atoms with Crippen LogP contribution in [0, 0.1) is 5.82 Å². The lowest BCUT2D eigenvalue weighted by Gasteiger charge is -2.32. The van der Waals surface area contributed by atoms with E-state index in [1.807, 2.05) is 23.1 Å². The largest absolute Gasteiger partial charge is 0.492 e. The number of likely N-dealkylation sites (tertiary alicyclic amines) is 2. The highest BCUT2D eigenvalue weighted by Crippen LogP contribution is 2.23. The maximum atomic E-state index is 14.4. The number of amides is 2. The SMILES string of the molecule is C=CC(=O)N1CCC[C@@H](Nc2nc(Nc3cccc(OCCN4CCCC4=O)c3)ncc2F)C1. The van der Waals surface area contributed by atoms with Gasteiger partial charge in [0.15, 0.2) is 11.6 Å². The third-order valence-corrected chi connectivity index (χ3v) is 5.88. The maximum absolute atomic E-state index is 14.4. The van der Waals surface area contributed by atoms with Crippen molar-refractivity contribution >= 4 is 29.3 Å². The minimum absolute atomic E-state index is 0.0816. The van der Waals surface area contributed by atoms with E-state index in [1.54, 1.807) is 11.0 Å². The van der Waals surface area contributed by atoms with Crippen molar-refractivity contribution in [3.05, 3.63) is 48.9 Å². The Labute approximate surface area is 198 Å². The van der Waals surface area contributed by atoms with E-state index in [9.17, 15) is 14.0 Å². The Bertz CT molecular complexity index is 1050. The summed E-state index contributed by atoms with van der Waals surface area (Å²) in [5.74, 6) is 0.436. The summed E-state index contributed by atoms with van der Waals surface area (Å²) in [5.41, 5.74) is 0.688. The number of ether oxygens (including phenoxy) is 1. The van der Waals surface area contributed by atoms with E-state index in [1.165, 1.54) is 6.08 Å². The van der Waals surface area contributed by atoms with Gasteiger partial charge >= 0.3 is 0 Å². The monoisotopic (exact) mass is 468 g/mol. The average Bonchev–Trinajstić information content (AvgIpc) is 3.25. The van der Waals surface area contributed by atoms with Crippen LogP contribution in [0.5, 0.6) is 5.75 Å². The van der Waals surface area contributed by atoms with Crippen LogP contribution in [-0.2, 0) is 9.59 Å². The normalized spacial score (nSPS) is 18.0. The molecule has 0 spiro atoms. The van der Waals surface area contributed by atoms with Crippen LogP contribution in [0.2, 0.25) is 0 Å². The van der Waals surface area contributed by atoms with E-state index in [4.69, 9.17) is 4.74 Å². The molecule has 180 valence electrons. The zero-order valence-corrected chi connectivity index (χ0v) is 19.0. The van der Waals surface area contributed by atoms with Crippen LogP contribution < -0.4 is 15.4 Å². The Morgan fingerprint density at radius 2 is 2.21 bits per heavy atom. The molecule has 2 fully saturated rings. The Hall–Kier alpha value is -3.69. The van der Waals surface area contributed by atoms with Crippen LogP contribution in [0.3, 0.4) is 0 Å². The van der Waals surface area contributed by atoms with Crippen LogP contribution >= 0.6 is 0 Å². The first-order valence-electron chi connectivity index (χ1n) is 11.5. The minimum Gasteiger partial charge on any atom is -0.492 e. The summed E-state index contributed by atoms with van der Waals surface area (Å²) in [4.78, 5) is 35.4. The quantitative estimate of drug-likeness (QED) is 0.546. The van der Waals surface area contributed by atoms with Crippen LogP contribution in [0.15, 0.2) is 43.1 Å². The molecule has 10 heteroatoms. The third-order valence-electron chi connectivity index (χ3n) is 5.88. The van der Waals surface area contributed by atoms with Gasteiger partial charge in [-0.25, -0.2) is 9.37 Å². The first kappa shape index (κ1) is 23.5. The molecule has 2 aromatic rings. The molecule has 0 radical (unpaired) electrons. The van der Waals surface area contributed by atoms with Crippen molar-refractivity contribution in [2.75, 3.05) is 43.4 Å². The second kappa shape index (κ2) is 11.0. The molecule has 0 saturated carbocycles. The lowest BCUT2D eigenvalue weighted by atomic mass is 10.1. The van der Waals surface area contributed by atoms with Crippen molar-refractivity contribution in [2.24, 2.45) is 0 Å². The summed E-state index contributed by atoms with van der Waals surface area (Å²) >= 11 is 0. The molecule has 2 amide bonds. The second-order valence-electron chi connectivity index (χ2n) is 8.35. The smallest absolute Gasteiger partial charge is 0.246 e. The summed E-state index contributed by atoms with van der Waals surface area (Å²) < 4.78 is 20.2. The fourth-order valence-electron chi connectivity index (χ4n) is 4.15. The first-order chi connectivity index (χ1) is 16.5. The van der Waals surface area contributed by atoms with Gasteiger partial charge in [0.1, 0.15) is 12.4 Å². The topological polar surface area (TPSA) is 99.7 Å². The van der Waals surface area contributed by atoms with E-state index < -0.39 is 5.82 Å². The van der Waals surface area contributed by atoms with Gasteiger partial charge in [0.2, 0.25) is 17.8 Å². The van der Waals surface area contributed by atoms with Gasteiger partial charge in [-0.2, -0.15) is 4.98 Å². The lowest BCUT2D eigenvalue weighted by molar-refractivity contribution is -0.128. The highest BCUT2D eigenvalue weighted by Gasteiger charge is 2.23. The summed E-state index contributed by atoms with van der Waals surface area (Å²) in [6.07, 6.45) is 5.53. The molecule has 4 rings (SSSR count). The van der Waals surface area contributed by atoms with Gasteiger partial charge in [-0.05, 0) is 37.5 Å². The molecule has 2 aliphatic rings. The number of rotatable bonds is 9. The van der Waals surface area contributed by atoms with Gasteiger partial charge in [-0.3, -0.25) is 9.59 Å². The summed E-state index contributed by atoms with van der Waals surface area (Å²) in [6.45, 7) is 6.40. The number of nitrogens with zero attached hydrogens (tertiary/aromatic N) is 4. The second-order valence-corrected chi connectivity index (χ2v) is 8.35. The van der Waals surface area contributed by atoms with Gasteiger partial charge in [0.05, 0.1) is 12.7 Å². The number of benzene rings is 1. The zero-order chi connectivity index (χ0) is 23.9. The molecule has 0 aliphatic carbocycles. The fourth-order valence-corrected chi connectivity index (χ4v) is 4.15. The third kappa shape index (κ3) is 6.00. The van der Waals surface area contributed by atoms with Crippen LogP contribution in [0.4, 0.5) is 21.8 Å². The number of carbonyl (C=O) groups is 2. The molecule has 2 saturated heterocycles. The van der Waals surface area contributed by atoms with Gasteiger partial charge in [-0.1, -0.05) is 12.6 Å². The molecule has 1 aromatic heterocycles. The van der Waals surface area contributed by atoms with E-state index in [2.05, 4.69) is 27.2 Å². The Balaban J connectivity index is 1.35. The predicted octanol–water partition coefficient (Wildman–Crippen LogP) is 2.95. The highest BCUT2D eigenvalue weighted by molar-refractivity contribution is 5.87. The van der Waals surface area contributed by atoms with Crippen molar-refractivity contribution in [3.63, 3.8) is 0 Å². The van der Waals surface area contributed by atoms with E-state index >= 15 is 0 Å². The number of anilines is 3. The van der Waals surface area contributed by atoms with Crippen molar-refractivity contribution < 1.29 is 18.7 Å². The van der Waals surface area contributed by atoms with Crippen LogP contribution in [-0.4, -0.2) is 70.4 Å². The number of carbonyl (C=O) groups excluding carboxylic acids is 2. The maximum Gasteiger partial charge on any atom is 0.246 e. The Kier molecular flexibility index (Phi) is 7.56. The van der Waals surface area contributed by atoms with E-state index in [-0.39, 0.29) is 29.6 Å². The van der Waals surface area contributed by atoms with Crippen LogP contribution in [0.25, 0.3) is 0 Å². The molecule has 0 unspecified atom stereocenters. The molecular weight excluding hydrogens is 439 g/mol. The van der Waals surface area contributed by atoms with Crippen LogP contribution in [0.1, 0.15) is 25.7 Å². The first-order valence-corrected chi connectivity index (χ1v) is 11.5. The van der Waals surface area contributed by atoms with E-state index in [0.717, 1.165) is 32.0 Å². The molecule has 34 heavy (non-hydrogen) atoms. The van der Waals surface area contributed by atoms with E-state index in [0.29, 0.717) is 44.1 Å². The van der Waals surface area contributed by atoms with Gasteiger partial charge < -0.3 is 25.2 Å². The minimum atomic E-state index is -0.564. The standard InChI is InChI=1S/C24H29FN6O3/c1-2-21(32)31-11-4-7-18(16-31)27-23-20(25)15-26-24(29-23)28-17-6-3-8-19(14-17)34-13-12-30-10-5-9-22(30)33/h2-3,6,8,14-15,18H,1,4-5,7,9-13,16H2,(H2,26,27,28,29)/t18-/m1/s1. The molecule has 1 aromatic carbocycles. The Morgan fingerprint density at radius 1 is 1.32 bits per heavy atom. The van der Waals surface area contributed by atoms with Crippen molar-refractivity contribution in [3.8, 4) is 5.75 Å². The molecule has 3 heterocycles. The van der Waals surface area contributed by atoms with Crippen molar-refractivity contribution in [1.82, 2.24) is 19.8 Å². The summed E-state index contributed by atoms with van der Waals surface area (Å²) in [7, 11) is 0. The van der Waals surface area contributed by atoms with Crippen molar-refractivity contribution in [1.29, 1.82) is 0 Å². The molecule has 1 atom stereocenters. The predicted molar refractivity (Wildman–Crippen MR) is 126 cm³/mol. The number of hydrogen-bond acceptors (Lipinski definition) is 7. The highest BCUT2D eigenvalue weighted by atomic mass is 19.1. The number of aromatic nitrogens is 2. The number of halogens is 1. The van der Waals surface area contributed by atoms with Gasteiger partial charge in [0.25, 0.3) is 0 Å². The fraction of sp³-hybridized carbons (Fsp3) is 0.417. The average molecular weight is 469 g/mol. The van der Waals surface area contributed by atoms with Crippen molar-refractivity contribution in [2.45, 2.75) is 31.7 Å². The Morgan fingerprint density at radius 3 is 3.00 bits per heavy atom. The molecule has 2 aliphatic heterocycles. The molecule has 9 nitrogen and oxygen atoms in total. The molecular formula is C24H29FN6O3. The number of nitrogens with one attached hydrogen (secondary N) is 2. The zero-order valence-electron chi connectivity index (χ0n) is 19.0. The lowest BCUT2D eigenvalue weighted by Crippen LogP contribution is -2.44. The number of hydrogen-bond donors (Lipinski definition) is 2. The van der Waals surface area contributed by atoms with Gasteiger partial charge in [-0.15, -0.1) is 0 Å². The summed E-state index contributed by atoms with van der Waals surface area (Å²) in [5, 5.41) is 6.18. The summed E-state index contributed by atoms with van der Waals surface area (Å²) in [6, 6.07) is 7.17. The molecule has 0 bridgehead atoms. The number of piperidine rings is 1. The van der Waals surface area contributed by atoms with Gasteiger partial charge in [0, 0.05) is 43.9 Å². The molecule has 2 N–H and O–H groups in total.